The number of hydrogen-bond acceptors (Lipinski definition) is 3. The number of hydrogen-bond donors (Lipinski definition) is 0. The van der Waals surface area contributed by atoms with E-state index >= 15 is 0 Å². The number of amides is 1. The Labute approximate surface area is 135 Å². The minimum absolute atomic E-state index is 0.00112. The summed E-state index contributed by atoms with van der Waals surface area (Å²) in [7, 11) is 0. The van der Waals surface area contributed by atoms with E-state index in [-0.39, 0.29) is 17.1 Å². The summed E-state index contributed by atoms with van der Waals surface area (Å²) in [6, 6.07) is 2.31. The molecule has 0 radical (unpaired) electrons. The summed E-state index contributed by atoms with van der Waals surface area (Å²) in [6.45, 7) is 5.00. The molecule has 2 unspecified atom stereocenters. The lowest BCUT2D eigenvalue weighted by Gasteiger charge is -2.47. The highest BCUT2D eigenvalue weighted by Crippen LogP contribution is 2.26. The van der Waals surface area contributed by atoms with Gasteiger partial charge in [0.05, 0.1) is 10.6 Å². The van der Waals surface area contributed by atoms with Crippen LogP contribution in [-0.2, 0) is 0 Å². The summed E-state index contributed by atoms with van der Waals surface area (Å²) in [6.07, 6.45) is 5.21. The van der Waals surface area contributed by atoms with E-state index in [1.54, 1.807) is 6.07 Å². The number of carbonyl (C=O) groups excluding carboxylic acids is 1. The molecule has 0 saturated carbocycles. The Kier molecular flexibility index (Phi) is 4.38. The summed E-state index contributed by atoms with van der Waals surface area (Å²) in [5.74, 6) is -0.00112. The zero-order valence-electron chi connectivity index (χ0n) is 12.1. The van der Waals surface area contributed by atoms with Crippen molar-refractivity contribution < 1.29 is 4.79 Å². The number of carbonyl (C=O) groups is 1. The average Bonchev–Trinajstić information content (AvgIpc) is 2.48. The van der Waals surface area contributed by atoms with Crippen LogP contribution in [0.4, 0.5) is 0 Å². The van der Waals surface area contributed by atoms with Gasteiger partial charge in [-0.2, -0.15) is 0 Å². The number of rotatable bonds is 1. The maximum Gasteiger partial charge on any atom is 0.255 e. The molecular formula is C15H19Cl2N3O. The molecule has 2 saturated heterocycles. The Bertz CT molecular complexity index is 552. The number of pyridine rings is 1. The van der Waals surface area contributed by atoms with Crippen molar-refractivity contribution >= 4 is 29.1 Å². The van der Waals surface area contributed by atoms with Gasteiger partial charge >= 0.3 is 0 Å². The fourth-order valence-electron chi connectivity index (χ4n) is 3.34. The van der Waals surface area contributed by atoms with E-state index in [1.807, 2.05) is 4.90 Å². The lowest BCUT2D eigenvalue weighted by Crippen LogP contribution is -2.60. The number of aromatic nitrogens is 1. The molecule has 3 rings (SSSR count). The maximum atomic E-state index is 12.7. The smallest absolute Gasteiger partial charge is 0.255 e. The van der Waals surface area contributed by atoms with Crippen molar-refractivity contribution in [1.82, 2.24) is 14.8 Å². The number of piperidine rings is 1. The predicted octanol–water partition coefficient (Wildman–Crippen LogP) is 3.09. The Morgan fingerprint density at radius 2 is 2.14 bits per heavy atom. The molecule has 2 fully saturated rings. The zero-order valence-corrected chi connectivity index (χ0v) is 13.6. The van der Waals surface area contributed by atoms with Crippen LogP contribution >= 0.6 is 23.2 Å². The Morgan fingerprint density at radius 1 is 1.33 bits per heavy atom. The highest BCUT2D eigenvalue weighted by atomic mass is 35.5. The van der Waals surface area contributed by atoms with Gasteiger partial charge in [-0.15, -0.1) is 0 Å². The van der Waals surface area contributed by atoms with Crippen molar-refractivity contribution in [1.29, 1.82) is 0 Å². The molecule has 3 heterocycles. The van der Waals surface area contributed by atoms with Crippen LogP contribution in [0.2, 0.25) is 10.2 Å². The van der Waals surface area contributed by atoms with Crippen LogP contribution in [-0.4, -0.2) is 52.4 Å². The molecule has 6 heteroatoms. The van der Waals surface area contributed by atoms with Crippen LogP contribution in [0.1, 0.15) is 36.5 Å². The quantitative estimate of drug-likeness (QED) is 0.744. The lowest BCUT2D eigenvalue weighted by atomic mass is 9.96. The summed E-state index contributed by atoms with van der Waals surface area (Å²) >= 11 is 11.8. The first-order chi connectivity index (χ1) is 10.1. The normalized spacial score (nSPS) is 26.5. The van der Waals surface area contributed by atoms with Crippen LogP contribution in [0.25, 0.3) is 0 Å². The summed E-state index contributed by atoms with van der Waals surface area (Å²) in [4.78, 5) is 21.2. The molecule has 0 aliphatic carbocycles. The summed E-state index contributed by atoms with van der Waals surface area (Å²) < 4.78 is 0. The molecule has 0 spiro atoms. The fourth-order valence-corrected chi connectivity index (χ4v) is 3.61. The second-order valence-electron chi connectivity index (χ2n) is 5.95. The molecular weight excluding hydrogens is 309 g/mol. The van der Waals surface area contributed by atoms with E-state index in [9.17, 15) is 4.79 Å². The van der Waals surface area contributed by atoms with Crippen LogP contribution in [0.3, 0.4) is 0 Å². The van der Waals surface area contributed by atoms with E-state index in [0.717, 1.165) is 19.6 Å². The lowest BCUT2D eigenvalue weighted by molar-refractivity contribution is 0.0151. The van der Waals surface area contributed by atoms with Crippen molar-refractivity contribution in [2.75, 3.05) is 19.6 Å². The van der Waals surface area contributed by atoms with Crippen molar-refractivity contribution in [3.8, 4) is 0 Å². The van der Waals surface area contributed by atoms with Gasteiger partial charge in [0, 0.05) is 31.4 Å². The first-order valence-corrected chi connectivity index (χ1v) is 8.18. The maximum absolute atomic E-state index is 12.7. The molecule has 1 aromatic heterocycles. The number of piperazine rings is 1. The number of nitrogens with zero attached hydrogens (tertiary/aromatic N) is 3. The molecule has 1 aromatic rings. The van der Waals surface area contributed by atoms with Gasteiger partial charge in [-0.05, 0) is 32.4 Å². The molecule has 2 atom stereocenters. The first kappa shape index (κ1) is 15.1. The molecule has 0 bridgehead atoms. The van der Waals surface area contributed by atoms with E-state index in [2.05, 4.69) is 16.8 Å². The molecule has 21 heavy (non-hydrogen) atoms. The van der Waals surface area contributed by atoms with Crippen LogP contribution in [0, 0.1) is 0 Å². The van der Waals surface area contributed by atoms with Gasteiger partial charge in [0.25, 0.3) is 5.91 Å². The molecule has 4 nitrogen and oxygen atoms in total. The molecule has 114 valence electrons. The molecule has 0 aromatic carbocycles. The van der Waals surface area contributed by atoms with Gasteiger partial charge < -0.3 is 4.90 Å². The van der Waals surface area contributed by atoms with E-state index in [0.29, 0.717) is 16.6 Å². The van der Waals surface area contributed by atoms with Crippen molar-refractivity contribution in [2.24, 2.45) is 0 Å². The molecule has 0 N–H and O–H groups in total. The third kappa shape index (κ3) is 3.03. The highest BCUT2D eigenvalue weighted by Gasteiger charge is 2.35. The van der Waals surface area contributed by atoms with Gasteiger partial charge in [-0.3, -0.25) is 9.69 Å². The van der Waals surface area contributed by atoms with Crippen molar-refractivity contribution in [2.45, 2.75) is 38.3 Å². The fraction of sp³-hybridized carbons (Fsp3) is 0.600. The minimum atomic E-state index is -0.00112. The van der Waals surface area contributed by atoms with Crippen molar-refractivity contribution in [3.63, 3.8) is 0 Å². The monoisotopic (exact) mass is 327 g/mol. The highest BCUT2D eigenvalue weighted by molar-refractivity contribution is 6.41. The second kappa shape index (κ2) is 6.11. The molecule has 2 aliphatic rings. The summed E-state index contributed by atoms with van der Waals surface area (Å²) in [5.41, 5.74) is 0.514. The Balaban J connectivity index is 1.78. The average molecular weight is 328 g/mol. The van der Waals surface area contributed by atoms with Gasteiger partial charge in [0.2, 0.25) is 0 Å². The van der Waals surface area contributed by atoms with Crippen LogP contribution in [0.5, 0.6) is 0 Å². The standard InChI is InChI=1S/C15H19Cl2N3O/c1-10-8-19-5-3-2-4-12(19)9-20(10)15(21)11-6-13(16)14(17)18-7-11/h6-7,10,12H,2-5,8-9H2,1H3. The van der Waals surface area contributed by atoms with E-state index in [4.69, 9.17) is 23.2 Å². The third-order valence-electron chi connectivity index (χ3n) is 4.49. The minimum Gasteiger partial charge on any atom is -0.333 e. The van der Waals surface area contributed by atoms with E-state index < -0.39 is 0 Å². The van der Waals surface area contributed by atoms with Crippen molar-refractivity contribution in [3.05, 3.63) is 28.0 Å². The Morgan fingerprint density at radius 3 is 2.90 bits per heavy atom. The van der Waals surface area contributed by atoms with Gasteiger partial charge in [0.1, 0.15) is 5.15 Å². The van der Waals surface area contributed by atoms with E-state index in [1.165, 1.54) is 25.5 Å². The van der Waals surface area contributed by atoms with Crippen LogP contribution < -0.4 is 0 Å². The van der Waals surface area contributed by atoms with Crippen LogP contribution in [0.15, 0.2) is 12.3 Å². The SMILES string of the molecule is CC1CN2CCCCC2CN1C(=O)c1cnc(Cl)c(Cl)c1. The van der Waals surface area contributed by atoms with Gasteiger partial charge in [-0.25, -0.2) is 4.98 Å². The zero-order chi connectivity index (χ0) is 15.0. The summed E-state index contributed by atoms with van der Waals surface area (Å²) in [5, 5.41) is 0.560. The second-order valence-corrected chi connectivity index (χ2v) is 6.71. The number of fused-ring (bicyclic) bond motifs is 1. The predicted molar refractivity (Wildman–Crippen MR) is 84.0 cm³/mol. The van der Waals surface area contributed by atoms with Gasteiger partial charge in [0.15, 0.2) is 0 Å². The largest absolute Gasteiger partial charge is 0.333 e. The first-order valence-electron chi connectivity index (χ1n) is 7.42. The molecule has 1 amide bonds. The topological polar surface area (TPSA) is 36.4 Å². The number of halogens is 2. The Hall–Kier alpha value is -0.840. The van der Waals surface area contributed by atoms with Gasteiger partial charge in [-0.1, -0.05) is 29.6 Å². The third-order valence-corrected chi connectivity index (χ3v) is 5.18. The molecule has 2 aliphatic heterocycles.